The average molecular weight is 490 g/mol. The molecule has 1 aliphatic carbocycles. The molecule has 1 fully saturated rings. The monoisotopic (exact) mass is 489 g/mol. The summed E-state index contributed by atoms with van der Waals surface area (Å²) in [7, 11) is -1.71. The van der Waals surface area contributed by atoms with Gasteiger partial charge in [-0.15, -0.1) is 0 Å². The number of amides is 1. The third kappa shape index (κ3) is 6.48. The van der Waals surface area contributed by atoms with Crippen molar-refractivity contribution in [1.82, 2.24) is 15.0 Å². The normalized spacial score (nSPS) is 19.0. The number of H-pyrrole nitrogens is 1. The van der Waals surface area contributed by atoms with Gasteiger partial charge in [0.2, 0.25) is 15.9 Å². The lowest BCUT2D eigenvalue weighted by atomic mass is 9.83. The average Bonchev–Trinajstić information content (AvgIpc) is 2.75. The van der Waals surface area contributed by atoms with Crippen molar-refractivity contribution >= 4 is 15.9 Å². The minimum Gasteiger partial charge on any atom is -0.496 e. The first-order valence-electron chi connectivity index (χ1n) is 11.5. The molecule has 1 aliphatic rings. The molecule has 8 nitrogen and oxygen atoms in total. The van der Waals surface area contributed by atoms with Crippen molar-refractivity contribution in [3.63, 3.8) is 0 Å². The highest BCUT2D eigenvalue weighted by Gasteiger charge is 2.29. The standard InChI is InChI=1S/C25H35N3O5S/c1-25(2,3)21-14-20(19-10-7-11-26-24(19)30)17(13-22(21)33-4)15-27-23(29)16-8-6-9-18(12-16)28-34(5,31)32/h7,10-11,13-14,16,18,28H,6,8-9,12,15H2,1-5H3,(H,26,30)(H,27,29). The highest BCUT2D eigenvalue weighted by Crippen LogP contribution is 2.37. The van der Waals surface area contributed by atoms with Crippen LogP contribution in [0.15, 0.2) is 35.3 Å². The van der Waals surface area contributed by atoms with Gasteiger partial charge in [0.25, 0.3) is 5.56 Å². The molecule has 1 aromatic carbocycles. The van der Waals surface area contributed by atoms with Crippen molar-refractivity contribution in [2.24, 2.45) is 5.92 Å². The van der Waals surface area contributed by atoms with E-state index >= 15 is 0 Å². The van der Waals surface area contributed by atoms with Crippen LogP contribution in [0.3, 0.4) is 0 Å². The van der Waals surface area contributed by atoms with Crippen LogP contribution in [0.25, 0.3) is 11.1 Å². The van der Waals surface area contributed by atoms with Crippen molar-refractivity contribution < 1.29 is 17.9 Å². The lowest BCUT2D eigenvalue weighted by Crippen LogP contribution is -2.42. The van der Waals surface area contributed by atoms with E-state index in [0.29, 0.717) is 24.2 Å². The number of hydrogen-bond donors (Lipinski definition) is 3. The lowest BCUT2D eigenvalue weighted by Gasteiger charge is -2.28. The highest BCUT2D eigenvalue weighted by atomic mass is 32.2. The Labute approximate surface area is 201 Å². The molecule has 0 aliphatic heterocycles. The summed E-state index contributed by atoms with van der Waals surface area (Å²) >= 11 is 0. The molecule has 1 heterocycles. The Morgan fingerprint density at radius 2 is 1.94 bits per heavy atom. The number of carbonyl (C=O) groups excluding carboxylic acids is 1. The number of carbonyl (C=O) groups is 1. The van der Waals surface area contributed by atoms with Gasteiger partial charge < -0.3 is 15.0 Å². The molecule has 2 aromatic rings. The Balaban J connectivity index is 1.88. The largest absolute Gasteiger partial charge is 0.496 e. The molecule has 186 valence electrons. The maximum atomic E-state index is 13.0. The fraction of sp³-hybridized carbons (Fsp3) is 0.520. The summed E-state index contributed by atoms with van der Waals surface area (Å²) in [6, 6.07) is 7.16. The molecule has 1 aromatic heterocycles. The zero-order valence-electron chi connectivity index (χ0n) is 20.5. The second kappa shape index (κ2) is 10.3. The Morgan fingerprint density at radius 3 is 2.56 bits per heavy atom. The number of sulfonamides is 1. The summed E-state index contributed by atoms with van der Waals surface area (Å²) in [5, 5.41) is 3.01. The first kappa shape index (κ1) is 26.0. The molecular weight excluding hydrogens is 454 g/mol. The third-order valence-corrected chi connectivity index (χ3v) is 6.98. The smallest absolute Gasteiger partial charge is 0.255 e. The number of benzene rings is 1. The number of pyridine rings is 1. The summed E-state index contributed by atoms with van der Waals surface area (Å²) in [6.45, 7) is 6.46. The van der Waals surface area contributed by atoms with Gasteiger partial charge in [-0.25, -0.2) is 13.1 Å². The maximum absolute atomic E-state index is 13.0. The van der Waals surface area contributed by atoms with Gasteiger partial charge in [-0.1, -0.05) is 27.2 Å². The van der Waals surface area contributed by atoms with E-state index in [1.165, 1.54) is 0 Å². The number of aromatic nitrogens is 1. The second-order valence-electron chi connectivity index (χ2n) is 10.0. The molecular formula is C25H35N3O5S. The molecule has 34 heavy (non-hydrogen) atoms. The van der Waals surface area contributed by atoms with Crippen LogP contribution in [0.2, 0.25) is 0 Å². The Bertz CT molecular complexity index is 1200. The van der Waals surface area contributed by atoms with Crippen molar-refractivity contribution in [3.05, 3.63) is 51.9 Å². The van der Waals surface area contributed by atoms with Crippen molar-refractivity contribution in [2.75, 3.05) is 13.4 Å². The number of rotatable bonds is 7. The van der Waals surface area contributed by atoms with E-state index in [2.05, 4.69) is 35.8 Å². The predicted molar refractivity (Wildman–Crippen MR) is 133 cm³/mol. The van der Waals surface area contributed by atoms with Crippen LogP contribution < -0.4 is 20.3 Å². The van der Waals surface area contributed by atoms with E-state index in [-0.39, 0.29) is 35.4 Å². The minimum atomic E-state index is -3.32. The molecule has 2 unspecified atom stereocenters. The first-order chi connectivity index (χ1) is 15.9. The Hall–Kier alpha value is -2.65. The molecule has 1 saturated carbocycles. The van der Waals surface area contributed by atoms with Gasteiger partial charge in [-0.05, 0) is 60.1 Å². The summed E-state index contributed by atoms with van der Waals surface area (Å²) < 4.78 is 31.5. The highest BCUT2D eigenvalue weighted by molar-refractivity contribution is 7.88. The van der Waals surface area contributed by atoms with Crippen LogP contribution in [0.4, 0.5) is 0 Å². The molecule has 9 heteroatoms. The quantitative estimate of drug-likeness (QED) is 0.553. The molecule has 3 N–H and O–H groups in total. The second-order valence-corrected chi connectivity index (χ2v) is 11.8. The number of methoxy groups -OCH3 is 1. The van der Waals surface area contributed by atoms with Crippen LogP contribution in [-0.2, 0) is 26.8 Å². The molecule has 0 bridgehead atoms. The fourth-order valence-corrected chi connectivity index (χ4v) is 5.39. The number of ether oxygens (including phenoxy) is 1. The Morgan fingerprint density at radius 1 is 1.21 bits per heavy atom. The number of aromatic amines is 1. The molecule has 1 amide bonds. The topological polar surface area (TPSA) is 117 Å². The van der Waals surface area contributed by atoms with Crippen LogP contribution >= 0.6 is 0 Å². The summed E-state index contributed by atoms with van der Waals surface area (Å²) in [5.74, 6) is 0.307. The van der Waals surface area contributed by atoms with Crippen molar-refractivity contribution in [2.45, 2.75) is 64.5 Å². The summed E-state index contributed by atoms with van der Waals surface area (Å²) in [6.07, 6.45) is 5.42. The molecule has 3 rings (SSSR count). The minimum absolute atomic E-state index is 0.119. The third-order valence-electron chi connectivity index (χ3n) is 6.22. The zero-order valence-corrected chi connectivity index (χ0v) is 21.3. The Kier molecular flexibility index (Phi) is 7.88. The van der Waals surface area contributed by atoms with Gasteiger partial charge in [-0.2, -0.15) is 0 Å². The molecule has 0 spiro atoms. The van der Waals surface area contributed by atoms with Crippen molar-refractivity contribution in [3.8, 4) is 16.9 Å². The molecule has 0 radical (unpaired) electrons. The van der Waals surface area contributed by atoms with Crippen LogP contribution in [-0.4, -0.2) is 38.7 Å². The van der Waals surface area contributed by atoms with E-state index in [9.17, 15) is 18.0 Å². The number of nitrogens with one attached hydrogen (secondary N) is 3. The van der Waals surface area contributed by atoms with E-state index < -0.39 is 10.0 Å². The van der Waals surface area contributed by atoms with Gasteiger partial charge in [0, 0.05) is 35.8 Å². The predicted octanol–water partition coefficient (Wildman–Crippen LogP) is 3.07. The van der Waals surface area contributed by atoms with Crippen LogP contribution in [0.5, 0.6) is 5.75 Å². The van der Waals surface area contributed by atoms with Gasteiger partial charge >= 0.3 is 0 Å². The van der Waals surface area contributed by atoms with Gasteiger partial charge in [0.1, 0.15) is 5.75 Å². The fourth-order valence-electron chi connectivity index (χ4n) is 4.57. The number of hydrogen-bond acceptors (Lipinski definition) is 5. The first-order valence-corrected chi connectivity index (χ1v) is 13.4. The van der Waals surface area contributed by atoms with E-state index in [1.54, 1.807) is 25.4 Å². The maximum Gasteiger partial charge on any atom is 0.255 e. The van der Waals surface area contributed by atoms with E-state index in [1.807, 2.05) is 12.1 Å². The summed E-state index contributed by atoms with van der Waals surface area (Å²) in [4.78, 5) is 28.3. The van der Waals surface area contributed by atoms with Gasteiger partial charge in [0.15, 0.2) is 0 Å². The molecule has 0 saturated heterocycles. The van der Waals surface area contributed by atoms with Gasteiger partial charge in [0.05, 0.1) is 13.4 Å². The van der Waals surface area contributed by atoms with Crippen molar-refractivity contribution in [1.29, 1.82) is 0 Å². The van der Waals surface area contributed by atoms with E-state index in [0.717, 1.165) is 35.8 Å². The van der Waals surface area contributed by atoms with Crippen LogP contribution in [0.1, 0.15) is 57.6 Å². The van der Waals surface area contributed by atoms with Gasteiger partial charge in [-0.3, -0.25) is 9.59 Å². The SMILES string of the molecule is COc1cc(CNC(=O)C2CCCC(NS(C)(=O)=O)C2)c(-c2ccc[nH]c2=O)cc1C(C)(C)C. The zero-order chi connectivity index (χ0) is 25.1. The molecule has 2 atom stereocenters. The van der Waals surface area contributed by atoms with Crippen LogP contribution in [0, 0.1) is 5.92 Å². The van der Waals surface area contributed by atoms with E-state index in [4.69, 9.17) is 4.74 Å². The lowest BCUT2D eigenvalue weighted by molar-refractivity contribution is -0.126. The summed E-state index contributed by atoms with van der Waals surface area (Å²) in [5.41, 5.74) is 2.58.